The fourth-order valence-corrected chi connectivity index (χ4v) is 3.45. The second-order valence-corrected chi connectivity index (χ2v) is 7.55. The Hall–Kier alpha value is -3.70. The number of aromatic amines is 1. The lowest BCUT2D eigenvalue weighted by Gasteiger charge is -2.05. The second-order valence-electron chi connectivity index (χ2n) is 6.54. The van der Waals surface area contributed by atoms with Gasteiger partial charge in [0.2, 0.25) is 0 Å². The van der Waals surface area contributed by atoms with Gasteiger partial charge in [0.1, 0.15) is 11.5 Å². The van der Waals surface area contributed by atoms with Crippen molar-refractivity contribution in [2.45, 2.75) is 6.54 Å². The Labute approximate surface area is 188 Å². The molecule has 0 aliphatic heterocycles. The molecule has 4 rings (SSSR count). The lowest BCUT2D eigenvalue weighted by Crippen LogP contribution is -2.23. The van der Waals surface area contributed by atoms with E-state index in [1.54, 1.807) is 0 Å². The molecule has 0 saturated heterocycles. The van der Waals surface area contributed by atoms with Crippen LogP contribution >= 0.6 is 23.1 Å². The molecule has 0 bridgehead atoms. The molecule has 32 heavy (non-hydrogen) atoms. The van der Waals surface area contributed by atoms with E-state index in [9.17, 15) is 18.4 Å². The van der Waals surface area contributed by atoms with Crippen LogP contribution in [0.3, 0.4) is 0 Å². The first-order valence-electron chi connectivity index (χ1n) is 9.06. The van der Waals surface area contributed by atoms with Crippen LogP contribution in [0.5, 0.6) is 0 Å². The minimum atomic E-state index is -1.21. The minimum absolute atomic E-state index is 0.0295. The van der Waals surface area contributed by atoms with Gasteiger partial charge in [-0.05, 0) is 29.2 Å². The molecule has 2 aromatic carbocycles. The van der Waals surface area contributed by atoms with Gasteiger partial charge >= 0.3 is 0 Å². The predicted octanol–water partition coefficient (Wildman–Crippen LogP) is 4.04. The Morgan fingerprint density at radius 2 is 1.81 bits per heavy atom. The number of aromatic nitrogens is 4. The molecule has 3 N–H and O–H groups in total. The van der Waals surface area contributed by atoms with Crippen molar-refractivity contribution in [2.75, 3.05) is 5.32 Å². The number of anilines is 1. The third-order valence-corrected chi connectivity index (χ3v) is 5.19. The van der Waals surface area contributed by atoms with E-state index in [0.717, 1.165) is 16.8 Å². The molecule has 8 nitrogen and oxygen atoms in total. The maximum Gasteiger partial charge on any atom is 0.272 e. The summed E-state index contributed by atoms with van der Waals surface area (Å²) in [6.45, 7) is 0.257. The van der Waals surface area contributed by atoms with E-state index in [2.05, 4.69) is 30.4 Å². The van der Waals surface area contributed by atoms with Crippen LogP contribution in [0.25, 0.3) is 11.3 Å². The lowest BCUT2D eigenvalue weighted by molar-refractivity contribution is 0.0945. The van der Waals surface area contributed by atoms with Gasteiger partial charge in [-0.2, -0.15) is 5.10 Å². The van der Waals surface area contributed by atoms with Crippen molar-refractivity contribution in [2.24, 2.45) is 0 Å². The van der Waals surface area contributed by atoms with Crippen molar-refractivity contribution in [3.63, 3.8) is 0 Å². The molecule has 0 atom stereocenters. The van der Waals surface area contributed by atoms with Crippen LogP contribution < -0.4 is 10.6 Å². The number of rotatable bonds is 6. The summed E-state index contributed by atoms with van der Waals surface area (Å²) in [5.41, 5.74) is 2.33. The lowest BCUT2D eigenvalue weighted by atomic mass is 10.1. The van der Waals surface area contributed by atoms with Crippen LogP contribution in [0.15, 0.2) is 47.8 Å². The van der Waals surface area contributed by atoms with Crippen molar-refractivity contribution in [3.8, 4) is 11.3 Å². The summed E-state index contributed by atoms with van der Waals surface area (Å²) in [6.07, 6.45) is 0. The zero-order valence-corrected chi connectivity index (χ0v) is 17.6. The number of hydrogen-bond donors (Lipinski definition) is 3. The summed E-state index contributed by atoms with van der Waals surface area (Å²) in [6, 6.07) is 10.2. The number of benzene rings is 2. The summed E-state index contributed by atoms with van der Waals surface area (Å²) in [5, 5.41) is 17.0. The van der Waals surface area contributed by atoms with Gasteiger partial charge in [-0.3, -0.25) is 14.7 Å². The molecule has 0 spiro atoms. The number of H-pyrrole nitrogens is 1. The average molecular weight is 475 g/mol. The molecule has 12 heteroatoms. The first kappa shape index (κ1) is 21.5. The van der Waals surface area contributed by atoms with Crippen LogP contribution in [0.2, 0.25) is 5.02 Å². The molecule has 0 saturated carbocycles. The Balaban J connectivity index is 1.35. The minimum Gasteiger partial charge on any atom is -0.347 e. The van der Waals surface area contributed by atoms with Crippen molar-refractivity contribution in [1.82, 2.24) is 25.1 Å². The summed E-state index contributed by atoms with van der Waals surface area (Å²) in [7, 11) is 0. The molecule has 0 unspecified atom stereocenters. The maximum atomic E-state index is 13.4. The van der Waals surface area contributed by atoms with Gasteiger partial charge in [0.05, 0.1) is 10.6 Å². The molecule has 2 amide bonds. The van der Waals surface area contributed by atoms with E-state index in [4.69, 9.17) is 11.6 Å². The van der Waals surface area contributed by atoms with Gasteiger partial charge < -0.3 is 10.6 Å². The van der Waals surface area contributed by atoms with Gasteiger partial charge in [-0.25, -0.2) is 8.78 Å². The molecular formula is C20H13ClF2N6O2S. The number of nitrogens with one attached hydrogen (secondary N) is 3. The number of nitrogens with zero attached hydrogens (tertiary/aromatic N) is 3. The van der Waals surface area contributed by atoms with Gasteiger partial charge in [0.15, 0.2) is 17.3 Å². The quantitative estimate of drug-likeness (QED) is 0.365. The molecule has 0 aliphatic rings. The van der Waals surface area contributed by atoms with Gasteiger partial charge in [0.25, 0.3) is 11.8 Å². The molecule has 0 fully saturated rings. The molecule has 162 valence electrons. The normalized spacial score (nSPS) is 10.7. The van der Waals surface area contributed by atoms with E-state index in [1.807, 2.05) is 29.6 Å². The van der Waals surface area contributed by atoms with E-state index >= 15 is 0 Å². The zero-order chi connectivity index (χ0) is 22.7. The Morgan fingerprint density at radius 1 is 1.06 bits per heavy atom. The highest BCUT2D eigenvalue weighted by molar-refractivity contribution is 7.03. The highest BCUT2D eigenvalue weighted by Crippen LogP contribution is 2.21. The van der Waals surface area contributed by atoms with Gasteiger partial charge in [0, 0.05) is 23.6 Å². The van der Waals surface area contributed by atoms with E-state index in [-0.39, 0.29) is 28.6 Å². The summed E-state index contributed by atoms with van der Waals surface area (Å²) in [5.74, 6) is -3.55. The largest absolute Gasteiger partial charge is 0.347 e. The number of halogens is 3. The maximum absolute atomic E-state index is 13.4. The monoisotopic (exact) mass is 474 g/mol. The molecule has 4 aromatic rings. The third-order valence-electron chi connectivity index (χ3n) is 4.38. The number of amides is 2. The molecule has 2 heterocycles. The number of hydrogen-bond acceptors (Lipinski definition) is 6. The summed E-state index contributed by atoms with van der Waals surface area (Å²) in [4.78, 5) is 24.6. The van der Waals surface area contributed by atoms with Crippen molar-refractivity contribution >= 4 is 40.8 Å². The summed E-state index contributed by atoms with van der Waals surface area (Å²) < 4.78 is 30.4. The van der Waals surface area contributed by atoms with E-state index < -0.39 is 23.4 Å². The molecule has 0 aliphatic carbocycles. The van der Waals surface area contributed by atoms with Crippen LogP contribution in [0.4, 0.5) is 14.6 Å². The average Bonchev–Trinajstić information content (AvgIpc) is 3.47. The highest BCUT2D eigenvalue weighted by Gasteiger charge is 2.17. The van der Waals surface area contributed by atoms with E-state index in [0.29, 0.717) is 12.1 Å². The Kier molecular flexibility index (Phi) is 6.19. The Bertz CT molecular complexity index is 1280. The van der Waals surface area contributed by atoms with Crippen molar-refractivity contribution in [3.05, 3.63) is 81.3 Å². The van der Waals surface area contributed by atoms with Crippen LogP contribution in [-0.4, -0.2) is 31.6 Å². The first-order valence-corrected chi connectivity index (χ1v) is 10.3. The fourth-order valence-electron chi connectivity index (χ4n) is 2.74. The third kappa shape index (κ3) is 4.79. The number of carbonyl (C=O) groups is 2. The van der Waals surface area contributed by atoms with Gasteiger partial charge in [-0.1, -0.05) is 40.4 Å². The summed E-state index contributed by atoms with van der Waals surface area (Å²) >= 11 is 7.06. The standard InChI is InChI=1S/C20H13ClF2N6O2S/c21-13-6-15(23)14(22)5-12(13)19(30)25-18-7-16(26-28-18)20(31)24-8-10-1-3-11(4-2-10)17-9-32-29-27-17/h1-7,9H,8H2,(H,24,31)(H2,25,26,28,30). The SMILES string of the molecule is O=C(NCc1ccc(-c2csnn2)cc1)c1cc(NC(=O)c2cc(F)c(F)cc2Cl)[nH]n1. The number of carbonyl (C=O) groups excluding carboxylic acids is 2. The van der Waals surface area contributed by atoms with E-state index in [1.165, 1.54) is 17.6 Å². The predicted molar refractivity (Wildman–Crippen MR) is 114 cm³/mol. The fraction of sp³-hybridized carbons (Fsp3) is 0.0500. The van der Waals surface area contributed by atoms with Crippen LogP contribution in [0.1, 0.15) is 26.4 Å². The van der Waals surface area contributed by atoms with Crippen LogP contribution in [0, 0.1) is 11.6 Å². The first-order chi connectivity index (χ1) is 15.4. The van der Waals surface area contributed by atoms with Gasteiger partial charge in [-0.15, -0.1) is 5.10 Å². The molecule has 0 radical (unpaired) electrons. The topological polar surface area (TPSA) is 113 Å². The van der Waals surface area contributed by atoms with Crippen LogP contribution in [-0.2, 0) is 6.54 Å². The molecule has 2 aromatic heterocycles. The smallest absolute Gasteiger partial charge is 0.272 e. The van der Waals surface area contributed by atoms with Crippen molar-refractivity contribution < 1.29 is 18.4 Å². The highest BCUT2D eigenvalue weighted by atomic mass is 35.5. The second kappa shape index (κ2) is 9.20. The van der Waals surface area contributed by atoms with Crippen molar-refractivity contribution in [1.29, 1.82) is 0 Å². The Morgan fingerprint density at radius 3 is 2.53 bits per heavy atom. The molecular weight excluding hydrogens is 462 g/mol. The zero-order valence-electron chi connectivity index (χ0n) is 16.0.